The van der Waals surface area contributed by atoms with E-state index in [0.717, 1.165) is 5.56 Å². The Morgan fingerprint density at radius 3 is 2.23 bits per heavy atom. The van der Waals surface area contributed by atoms with E-state index in [-0.39, 0.29) is 22.0 Å². The molecule has 3 rings (SSSR count). The molecule has 0 radical (unpaired) electrons. The fraction of sp³-hybridized carbons (Fsp3) is 0.0435. The highest BCUT2D eigenvalue weighted by molar-refractivity contribution is 6.34. The number of benzene rings is 3. The Hall–Kier alpha value is -3.97. The first-order valence-electron chi connectivity index (χ1n) is 9.23. The normalized spacial score (nSPS) is 11.0. The highest BCUT2D eigenvalue weighted by Gasteiger charge is 2.17. The van der Waals surface area contributed by atoms with E-state index in [2.05, 4.69) is 10.6 Å². The van der Waals surface area contributed by atoms with Crippen molar-refractivity contribution in [3.63, 3.8) is 0 Å². The third kappa shape index (κ3) is 5.77. The molecule has 0 fully saturated rings. The maximum absolute atomic E-state index is 12.9. The van der Waals surface area contributed by atoms with Crippen LogP contribution >= 0.6 is 11.6 Å². The number of nitro benzene ring substituents is 1. The van der Waals surface area contributed by atoms with Gasteiger partial charge in [-0.2, -0.15) is 0 Å². The molecule has 0 spiro atoms. The summed E-state index contributed by atoms with van der Waals surface area (Å²) in [7, 11) is 0. The number of carbonyl (C=O) groups excluding carboxylic acids is 2. The minimum Gasteiger partial charge on any atom is -0.321 e. The van der Waals surface area contributed by atoms with Crippen LogP contribution in [-0.2, 0) is 4.79 Å². The van der Waals surface area contributed by atoms with Gasteiger partial charge in [0.25, 0.3) is 17.5 Å². The molecule has 0 atom stereocenters. The van der Waals surface area contributed by atoms with Gasteiger partial charge in [-0.25, -0.2) is 0 Å². The predicted molar refractivity (Wildman–Crippen MR) is 120 cm³/mol. The molecule has 0 bridgehead atoms. The van der Waals surface area contributed by atoms with Crippen molar-refractivity contribution in [2.24, 2.45) is 0 Å². The van der Waals surface area contributed by atoms with E-state index in [1.165, 1.54) is 30.3 Å². The maximum atomic E-state index is 12.9. The summed E-state index contributed by atoms with van der Waals surface area (Å²) >= 11 is 6.09. The maximum Gasteiger partial charge on any atom is 0.272 e. The van der Waals surface area contributed by atoms with Gasteiger partial charge in [0.15, 0.2) is 0 Å². The van der Waals surface area contributed by atoms with Gasteiger partial charge in [-0.15, -0.1) is 0 Å². The van der Waals surface area contributed by atoms with E-state index in [1.54, 1.807) is 36.4 Å². The minimum absolute atomic E-state index is 0.0423. The van der Waals surface area contributed by atoms with E-state index < -0.39 is 16.7 Å². The van der Waals surface area contributed by atoms with Gasteiger partial charge in [-0.05, 0) is 55.0 Å². The van der Waals surface area contributed by atoms with Crippen LogP contribution in [0.1, 0.15) is 21.5 Å². The lowest BCUT2D eigenvalue weighted by Crippen LogP contribution is -2.30. The van der Waals surface area contributed by atoms with Crippen molar-refractivity contribution >= 4 is 40.9 Å². The van der Waals surface area contributed by atoms with E-state index in [1.807, 2.05) is 19.1 Å². The average Bonchev–Trinajstić information content (AvgIpc) is 2.75. The average molecular weight is 436 g/mol. The van der Waals surface area contributed by atoms with Crippen LogP contribution in [0.4, 0.5) is 11.4 Å². The number of non-ortho nitro benzene ring substituents is 1. The van der Waals surface area contributed by atoms with Crippen LogP contribution in [0.25, 0.3) is 6.08 Å². The molecule has 156 valence electrons. The Kier molecular flexibility index (Phi) is 6.79. The van der Waals surface area contributed by atoms with Crippen LogP contribution in [0.3, 0.4) is 0 Å². The highest BCUT2D eigenvalue weighted by Crippen LogP contribution is 2.18. The number of hydrogen-bond acceptors (Lipinski definition) is 4. The molecule has 7 nitrogen and oxygen atoms in total. The first kappa shape index (κ1) is 21.7. The third-order valence-electron chi connectivity index (χ3n) is 4.34. The molecule has 0 aliphatic heterocycles. The number of nitrogens with one attached hydrogen (secondary N) is 2. The Bertz CT molecular complexity index is 1160. The summed E-state index contributed by atoms with van der Waals surface area (Å²) in [4.78, 5) is 35.9. The van der Waals surface area contributed by atoms with Gasteiger partial charge in [0.2, 0.25) is 0 Å². The van der Waals surface area contributed by atoms with Gasteiger partial charge in [0.05, 0.1) is 15.5 Å². The lowest BCUT2D eigenvalue weighted by molar-refractivity contribution is -0.384. The summed E-state index contributed by atoms with van der Waals surface area (Å²) < 4.78 is 0. The second-order valence-corrected chi connectivity index (χ2v) is 7.07. The molecule has 0 saturated heterocycles. The number of amides is 2. The Morgan fingerprint density at radius 1 is 0.968 bits per heavy atom. The molecule has 3 aromatic rings. The summed E-state index contributed by atoms with van der Waals surface area (Å²) in [6, 6.07) is 19.2. The van der Waals surface area contributed by atoms with Gasteiger partial charge in [0.1, 0.15) is 5.70 Å². The molecule has 0 aliphatic carbocycles. The van der Waals surface area contributed by atoms with Crippen molar-refractivity contribution < 1.29 is 14.5 Å². The van der Waals surface area contributed by atoms with E-state index in [0.29, 0.717) is 11.3 Å². The number of halogens is 1. The summed E-state index contributed by atoms with van der Waals surface area (Å²) in [6.07, 6.45) is 1.43. The fourth-order valence-corrected chi connectivity index (χ4v) is 2.91. The lowest BCUT2D eigenvalue weighted by Gasteiger charge is -2.12. The van der Waals surface area contributed by atoms with Crippen LogP contribution in [-0.4, -0.2) is 16.7 Å². The fourth-order valence-electron chi connectivity index (χ4n) is 2.69. The van der Waals surface area contributed by atoms with Crippen molar-refractivity contribution in [1.29, 1.82) is 0 Å². The zero-order chi connectivity index (χ0) is 22.4. The number of aryl methyl sites for hydroxylation is 1. The van der Waals surface area contributed by atoms with Crippen LogP contribution in [0.5, 0.6) is 0 Å². The second-order valence-electron chi connectivity index (χ2n) is 6.66. The molecule has 31 heavy (non-hydrogen) atoms. The molecule has 0 heterocycles. The molecule has 0 unspecified atom stereocenters. The zero-order valence-corrected chi connectivity index (χ0v) is 17.2. The monoisotopic (exact) mass is 435 g/mol. The van der Waals surface area contributed by atoms with Gasteiger partial charge in [-0.1, -0.05) is 41.4 Å². The topological polar surface area (TPSA) is 101 Å². The van der Waals surface area contributed by atoms with Crippen LogP contribution in [0.15, 0.2) is 78.5 Å². The Morgan fingerprint density at radius 2 is 1.61 bits per heavy atom. The number of rotatable bonds is 6. The van der Waals surface area contributed by atoms with Crippen LogP contribution in [0, 0.1) is 17.0 Å². The van der Waals surface area contributed by atoms with E-state index in [4.69, 9.17) is 11.6 Å². The van der Waals surface area contributed by atoms with Crippen molar-refractivity contribution in [2.45, 2.75) is 6.92 Å². The Labute approximate surface area is 183 Å². The number of nitrogens with zero attached hydrogens (tertiary/aromatic N) is 1. The molecule has 0 aromatic heterocycles. The third-order valence-corrected chi connectivity index (χ3v) is 4.67. The summed E-state index contributed by atoms with van der Waals surface area (Å²) in [5.74, 6) is -1.11. The number of hydrogen-bond donors (Lipinski definition) is 2. The molecule has 0 aliphatic rings. The lowest BCUT2D eigenvalue weighted by atomic mass is 10.1. The molecular weight excluding hydrogens is 418 g/mol. The largest absolute Gasteiger partial charge is 0.321 e. The standard InChI is InChI=1S/C23H18ClN3O4/c1-15-6-10-17(11-7-15)25-23(29)21(14-16-8-12-18(13-9-16)27(30)31)26-22(28)19-4-2-3-5-20(19)24/h2-14H,1H3,(H,25,29)(H,26,28). The first-order chi connectivity index (χ1) is 14.8. The van der Waals surface area contributed by atoms with Gasteiger partial charge < -0.3 is 10.6 Å². The SMILES string of the molecule is Cc1ccc(NC(=O)C(=Cc2ccc([N+](=O)[O-])cc2)NC(=O)c2ccccc2Cl)cc1. The zero-order valence-electron chi connectivity index (χ0n) is 16.5. The molecule has 0 saturated carbocycles. The molecule has 3 aromatic carbocycles. The van der Waals surface area contributed by atoms with Crippen LogP contribution in [0.2, 0.25) is 5.02 Å². The smallest absolute Gasteiger partial charge is 0.272 e. The van der Waals surface area contributed by atoms with Gasteiger partial charge >= 0.3 is 0 Å². The second kappa shape index (κ2) is 9.69. The first-order valence-corrected chi connectivity index (χ1v) is 9.61. The Balaban J connectivity index is 1.91. The quantitative estimate of drug-likeness (QED) is 0.324. The summed E-state index contributed by atoms with van der Waals surface area (Å²) in [6.45, 7) is 1.93. The summed E-state index contributed by atoms with van der Waals surface area (Å²) in [5, 5.41) is 16.4. The number of carbonyl (C=O) groups is 2. The van der Waals surface area contributed by atoms with Crippen molar-refractivity contribution in [1.82, 2.24) is 5.32 Å². The minimum atomic E-state index is -0.558. The number of nitro groups is 1. The summed E-state index contributed by atoms with van der Waals surface area (Å²) in [5.41, 5.74) is 2.17. The molecule has 2 N–H and O–H groups in total. The van der Waals surface area contributed by atoms with E-state index >= 15 is 0 Å². The van der Waals surface area contributed by atoms with Crippen molar-refractivity contribution in [2.75, 3.05) is 5.32 Å². The van der Waals surface area contributed by atoms with Gasteiger partial charge in [0, 0.05) is 17.8 Å². The molecular formula is C23H18ClN3O4. The highest BCUT2D eigenvalue weighted by atomic mass is 35.5. The van der Waals surface area contributed by atoms with Crippen LogP contribution < -0.4 is 10.6 Å². The number of anilines is 1. The predicted octanol–water partition coefficient (Wildman–Crippen LogP) is 4.97. The van der Waals surface area contributed by atoms with Crippen molar-refractivity contribution in [3.8, 4) is 0 Å². The molecule has 8 heteroatoms. The van der Waals surface area contributed by atoms with Crippen molar-refractivity contribution in [3.05, 3.63) is 110 Å². The van der Waals surface area contributed by atoms with E-state index in [9.17, 15) is 19.7 Å². The molecule has 2 amide bonds. The van der Waals surface area contributed by atoms with Gasteiger partial charge in [-0.3, -0.25) is 19.7 Å².